The number of hydrogen-bond donors (Lipinski definition) is 0. The number of hydrogen-bond acceptors (Lipinski definition) is 4. The zero-order chi connectivity index (χ0) is 48.9. The summed E-state index contributed by atoms with van der Waals surface area (Å²) in [5, 5.41) is 0. The van der Waals surface area contributed by atoms with Crippen molar-refractivity contribution in [2.45, 2.75) is 0 Å². The lowest BCUT2D eigenvalue weighted by molar-refractivity contribution is 1.18. The molecule has 0 radical (unpaired) electrons. The van der Waals surface area contributed by atoms with E-state index in [-0.39, 0.29) is 0 Å². The Morgan fingerprint density at radius 2 is 0.534 bits per heavy atom. The molecule has 0 saturated heterocycles. The maximum absolute atomic E-state index is 5.07. The van der Waals surface area contributed by atoms with E-state index in [9.17, 15) is 0 Å². The minimum atomic E-state index is 0.673. The van der Waals surface area contributed by atoms with Crippen molar-refractivity contribution >= 4 is 15.9 Å². The molecule has 3 aromatic heterocycles. The summed E-state index contributed by atoms with van der Waals surface area (Å²) in [5.74, 6) is 0.673. The van der Waals surface area contributed by atoms with Crippen molar-refractivity contribution in [3.05, 3.63) is 278 Å². The summed E-state index contributed by atoms with van der Waals surface area (Å²) in [7, 11) is 0. The molecule has 12 rings (SSSR count). The van der Waals surface area contributed by atoms with Crippen molar-refractivity contribution in [3.63, 3.8) is 0 Å². The van der Waals surface area contributed by atoms with Crippen molar-refractivity contribution in [2.24, 2.45) is 0 Å². The molecule has 0 unspecified atom stereocenters. The number of aromatic nitrogens is 4. The Morgan fingerprint density at radius 3 is 0.945 bits per heavy atom. The predicted molar refractivity (Wildman–Crippen MR) is 305 cm³/mol. The lowest BCUT2D eigenvalue weighted by atomic mass is 9.86. The summed E-state index contributed by atoms with van der Waals surface area (Å²) in [6.07, 6.45) is 7.87. The minimum Gasteiger partial charge on any atom is -0.256 e. The van der Waals surface area contributed by atoms with Crippen LogP contribution in [0.15, 0.2) is 278 Å². The molecule has 0 aliphatic rings. The van der Waals surface area contributed by atoms with Gasteiger partial charge in [-0.3, -0.25) is 9.97 Å². The first-order valence-corrected chi connectivity index (χ1v) is 25.1. The Hall–Kier alpha value is -9.16. The highest BCUT2D eigenvalue weighted by Gasteiger charge is 2.18. The summed E-state index contributed by atoms with van der Waals surface area (Å²) in [4.78, 5) is 19.9. The van der Waals surface area contributed by atoms with Crippen molar-refractivity contribution < 1.29 is 0 Å². The largest absolute Gasteiger partial charge is 0.256 e. The highest BCUT2D eigenvalue weighted by Crippen LogP contribution is 2.43. The Kier molecular flexibility index (Phi) is 12.5. The molecule has 0 fully saturated rings. The lowest BCUT2D eigenvalue weighted by Gasteiger charge is -2.18. The van der Waals surface area contributed by atoms with Gasteiger partial charge in [0.05, 0.1) is 11.4 Å². The van der Waals surface area contributed by atoms with E-state index in [0.29, 0.717) is 5.82 Å². The van der Waals surface area contributed by atoms with E-state index in [1.54, 1.807) is 0 Å². The van der Waals surface area contributed by atoms with Crippen LogP contribution in [-0.2, 0) is 0 Å². The predicted octanol–water partition coefficient (Wildman–Crippen LogP) is 18.4. The summed E-state index contributed by atoms with van der Waals surface area (Å²) in [5.41, 5.74) is 22.4. The molecule has 4 nitrogen and oxygen atoms in total. The number of nitrogens with zero attached hydrogens (tertiary/aromatic N) is 4. The van der Waals surface area contributed by atoms with Gasteiger partial charge in [-0.05, 0) is 127 Å². The fraction of sp³-hybridized carbons (Fsp3) is 0. The molecule has 0 atom stereocenters. The van der Waals surface area contributed by atoms with Crippen LogP contribution < -0.4 is 0 Å². The molecule has 0 bridgehead atoms. The van der Waals surface area contributed by atoms with Gasteiger partial charge in [-0.25, -0.2) is 9.97 Å². The highest BCUT2D eigenvalue weighted by atomic mass is 79.9. The third-order valence-electron chi connectivity index (χ3n) is 13.4. The summed E-state index contributed by atoms with van der Waals surface area (Å²) >= 11 is 3.61. The fourth-order valence-electron chi connectivity index (χ4n) is 9.72. The molecule has 0 spiro atoms. The first kappa shape index (κ1) is 45.0. The maximum Gasteiger partial charge on any atom is 0.159 e. The first-order valence-electron chi connectivity index (χ1n) is 24.3. The molecule has 0 aliphatic heterocycles. The average Bonchev–Trinajstić information content (AvgIpc) is 3.48. The van der Waals surface area contributed by atoms with Crippen molar-refractivity contribution in [1.82, 2.24) is 19.9 Å². The molecule has 9 aromatic carbocycles. The second-order valence-electron chi connectivity index (χ2n) is 18.0. The van der Waals surface area contributed by atoms with E-state index in [1.807, 2.05) is 61.2 Å². The lowest BCUT2D eigenvalue weighted by Crippen LogP contribution is -1.94. The van der Waals surface area contributed by atoms with Gasteiger partial charge in [0.1, 0.15) is 0 Å². The Balaban J connectivity index is 0.956. The molecule has 0 aliphatic carbocycles. The van der Waals surface area contributed by atoms with E-state index < -0.39 is 0 Å². The van der Waals surface area contributed by atoms with Gasteiger partial charge in [-0.1, -0.05) is 210 Å². The molecular weight excluding hydrogens is 953 g/mol. The molecular formula is C68H45BrN4. The highest BCUT2D eigenvalue weighted by molar-refractivity contribution is 9.10. The van der Waals surface area contributed by atoms with Crippen LogP contribution in [0.3, 0.4) is 0 Å². The van der Waals surface area contributed by atoms with Crippen LogP contribution in [0, 0.1) is 0 Å². The van der Waals surface area contributed by atoms with Gasteiger partial charge in [-0.2, -0.15) is 0 Å². The molecule has 0 N–H and O–H groups in total. The van der Waals surface area contributed by atoms with Crippen LogP contribution in [0.2, 0.25) is 0 Å². The van der Waals surface area contributed by atoms with Crippen LogP contribution in [0.1, 0.15) is 0 Å². The third kappa shape index (κ3) is 9.58. The van der Waals surface area contributed by atoms with Gasteiger partial charge >= 0.3 is 0 Å². The van der Waals surface area contributed by atoms with E-state index in [4.69, 9.17) is 19.9 Å². The third-order valence-corrected chi connectivity index (χ3v) is 13.9. The maximum atomic E-state index is 5.07. The number of rotatable bonds is 11. The molecule has 12 aromatic rings. The zero-order valence-electron chi connectivity index (χ0n) is 39.6. The van der Waals surface area contributed by atoms with E-state index in [1.165, 1.54) is 11.1 Å². The molecule has 0 saturated carbocycles. The van der Waals surface area contributed by atoms with Gasteiger partial charge in [-0.15, -0.1) is 0 Å². The number of pyridine rings is 2. The standard InChI is InChI=1S/C68H45BrN4/c69-59-25-15-24-52(41-59)68-72-44-58(45-73-68)65-31-12-11-30-64(65)57-39-55(62-28-9-7-26-60(62)53-32-34-66(70-42-53)50-22-13-20-48(36-50)46-16-3-1-4-17-46)38-56(40-57)63-29-10-8-27-61(63)54-33-35-67(71-43-54)51-23-14-21-49(37-51)47-18-5-2-6-19-47/h1-45H. The van der Waals surface area contributed by atoms with Gasteiger partial charge in [0.2, 0.25) is 0 Å². The fourth-order valence-corrected chi connectivity index (χ4v) is 10.1. The quantitative estimate of drug-likeness (QED) is 0.130. The van der Waals surface area contributed by atoms with Crippen LogP contribution in [0.5, 0.6) is 0 Å². The molecule has 73 heavy (non-hydrogen) atoms. The molecule has 3 heterocycles. The van der Waals surface area contributed by atoms with Gasteiger partial charge in [0.15, 0.2) is 5.82 Å². The van der Waals surface area contributed by atoms with E-state index >= 15 is 0 Å². The second kappa shape index (κ2) is 20.3. The molecule has 0 amide bonds. The van der Waals surface area contributed by atoms with Gasteiger partial charge in [0, 0.05) is 62.6 Å². The summed E-state index contributed by atoms with van der Waals surface area (Å²) < 4.78 is 0.984. The number of halogens is 1. The van der Waals surface area contributed by atoms with Crippen molar-refractivity contribution in [1.29, 1.82) is 0 Å². The van der Waals surface area contributed by atoms with Crippen molar-refractivity contribution in [2.75, 3.05) is 0 Å². The summed E-state index contributed by atoms with van der Waals surface area (Å²) in [6, 6.07) is 87.7. The Labute approximate surface area is 434 Å². The second-order valence-corrected chi connectivity index (χ2v) is 18.9. The van der Waals surface area contributed by atoms with Crippen LogP contribution in [0.4, 0.5) is 0 Å². The minimum absolute atomic E-state index is 0.673. The first-order chi connectivity index (χ1) is 36.1. The van der Waals surface area contributed by atoms with Crippen LogP contribution >= 0.6 is 15.9 Å². The van der Waals surface area contributed by atoms with E-state index in [2.05, 4.69) is 228 Å². The van der Waals surface area contributed by atoms with Crippen molar-refractivity contribution in [3.8, 4) is 123 Å². The van der Waals surface area contributed by atoms with Gasteiger partial charge < -0.3 is 0 Å². The average molecular weight is 998 g/mol. The van der Waals surface area contributed by atoms with Gasteiger partial charge in [0.25, 0.3) is 0 Å². The van der Waals surface area contributed by atoms with Crippen LogP contribution in [0.25, 0.3) is 123 Å². The normalized spacial score (nSPS) is 11.1. The topological polar surface area (TPSA) is 51.6 Å². The summed E-state index contributed by atoms with van der Waals surface area (Å²) in [6.45, 7) is 0. The molecule has 5 heteroatoms. The van der Waals surface area contributed by atoms with E-state index in [0.717, 1.165) is 110 Å². The van der Waals surface area contributed by atoms with Crippen LogP contribution in [-0.4, -0.2) is 19.9 Å². The smallest absolute Gasteiger partial charge is 0.159 e. The Bertz CT molecular complexity index is 3700. The SMILES string of the molecule is Brc1cccc(-c2ncc(-c3ccccc3-c3cc(-c4ccccc4-c4ccc(-c5cccc(-c6ccccc6)c5)nc4)cc(-c4ccccc4-c4ccc(-c5cccc(-c6ccccc6)c5)nc4)c3)cn2)c1. The monoisotopic (exact) mass is 996 g/mol. The Morgan fingerprint density at radius 1 is 0.205 bits per heavy atom. The molecule has 344 valence electrons. The zero-order valence-corrected chi connectivity index (χ0v) is 41.2. The number of benzene rings is 9.